The summed E-state index contributed by atoms with van der Waals surface area (Å²) in [5.41, 5.74) is 2.28. The zero-order valence-electron chi connectivity index (χ0n) is 22.5. The van der Waals surface area contributed by atoms with Crippen molar-refractivity contribution >= 4 is 29.3 Å². The fraction of sp³-hybridized carbons (Fsp3) is 0.344. The van der Waals surface area contributed by atoms with E-state index in [1.165, 1.54) is 0 Å². The van der Waals surface area contributed by atoms with E-state index in [0.717, 1.165) is 28.9 Å². The van der Waals surface area contributed by atoms with Gasteiger partial charge in [0.15, 0.2) is 0 Å². The largest absolute Gasteiger partial charge is 0.374 e. The number of fused-ring (bicyclic) bond motifs is 1. The summed E-state index contributed by atoms with van der Waals surface area (Å²) in [6, 6.07) is 22.5. The van der Waals surface area contributed by atoms with Crippen molar-refractivity contribution in [2.75, 3.05) is 6.61 Å². The van der Waals surface area contributed by atoms with E-state index in [9.17, 15) is 14.4 Å². The Morgan fingerprint density at radius 3 is 2.18 bits per heavy atom. The Morgan fingerprint density at radius 1 is 0.923 bits per heavy atom. The van der Waals surface area contributed by atoms with Crippen LogP contribution in [0.15, 0.2) is 78.9 Å². The Labute approximate surface area is 234 Å². The van der Waals surface area contributed by atoms with Crippen molar-refractivity contribution in [3.05, 3.63) is 106 Å². The fourth-order valence-corrected chi connectivity index (χ4v) is 5.99. The third-order valence-corrected chi connectivity index (χ3v) is 7.92. The van der Waals surface area contributed by atoms with Crippen molar-refractivity contribution in [3.63, 3.8) is 0 Å². The van der Waals surface area contributed by atoms with Crippen molar-refractivity contribution in [2.45, 2.75) is 58.3 Å². The SMILES string of the molecule is CC(C)(C)[C@H]1CC[C@@H](c2cccc(Cl)c2)N1C(=O)C(COCc1ccccc1)N1C(=O)c2ccccc2C1=O. The van der Waals surface area contributed by atoms with Crippen molar-refractivity contribution in [1.82, 2.24) is 9.80 Å². The van der Waals surface area contributed by atoms with Gasteiger partial charge in [-0.05, 0) is 53.6 Å². The summed E-state index contributed by atoms with van der Waals surface area (Å²) in [4.78, 5) is 44.7. The second kappa shape index (κ2) is 10.9. The maximum atomic E-state index is 14.6. The molecule has 3 aromatic rings. The normalized spacial score (nSPS) is 19.9. The van der Waals surface area contributed by atoms with E-state index in [-0.39, 0.29) is 36.6 Å². The molecule has 2 aliphatic heterocycles. The molecular weight excluding hydrogens is 512 g/mol. The molecule has 0 aromatic heterocycles. The number of carbonyl (C=O) groups is 3. The number of hydrogen-bond acceptors (Lipinski definition) is 4. The molecule has 6 nitrogen and oxygen atoms in total. The van der Waals surface area contributed by atoms with Gasteiger partial charge in [-0.1, -0.05) is 87.0 Å². The van der Waals surface area contributed by atoms with E-state index >= 15 is 0 Å². The number of halogens is 1. The summed E-state index contributed by atoms with van der Waals surface area (Å²) in [7, 11) is 0. The quantitative estimate of drug-likeness (QED) is 0.327. The molecule has 7 heteroatoms. The highest BCUT2D eigenvalue weighted by molar-refractivity contribution is 6.30. The van der Waals surface area contributed by atoms with Crippen molar-refractivity contribution in [3.8, 4) is 0 Å². The monoisotopic (exact) mass is 544 g/mol. The smallest absolute Gasteiger partial charge is 0.262 e. The zero-order chi connectivity index (χ0) is 27.7. The molecule has 1 unspecified atom stereocenters. The minimum absolute atomic E-state index is 0.0965. The highest BCUT2D eigenvalue weighted by atomic mass is 35.5. The maximum absolute atomic E-state index is 14.6. The van der Waals surface area contributed by atoms with Crippen LogP contribution in [0.4, 0.5) is 0 Å². The molecule has 2 aliphatic rings. The van der Waals surface area contributed by atoms with Gasteiger partial charge in [0, 0.05) is 11.1 Å². The third-order valence-electron chi connectivity index (χ3n) is 7.68. The van der Waals surface area contributed by atoms with Gasteiger partial charge in [0.1, 0.15) is 6.04 Å². The van der Waals surface area contributed by atoms with Crippen molar-refractivity contribution in [2.24, 2.45) is 5.41 Å². The number of ether oxygens (including phenoxy) is 1. The van der Waals surface area contributed by atoms with Crippen molar-refractivity contribution in [1.29, 1.82) is 0 Å². The van der Waals surface area contributed by atoms with Crippen LogP contribution in [0.3, 0.4) is 0 Å². The van der Waals surface area contributed by atoms with Gasteiger partial charge in [-0.25, -0.2) is 0 Å². The lowest BCUT2D eigenvalue weighted by Gasteiger charge is -2.41. The van der Waals surface area contributed by atoms with E-state index in [0.29, 0.717) is 16.1 Å². The molecule has 0 spiro atoms. The van der Waals surface area contributed by atoms with E-state index in [1.54, 1.807) is 24.3 Å². The van der Waals surface area contributed by atoms with Crippen LogP contribution < -0.4 is 0 Å². The molecule has 5 rings (SSSR count). The van der Waals surface area contributed by atoms with Crippen LogP contribution in [-0.2, 0) is 16.1 Å². The molecule has 0 saturated carbocycles. The minimum Gasteiger partial charge on any atom is -0.374 e. The molecule has 1 fully saturated rings. The average molecular weight is 545 g/mol. The van der Waals surface area contributed by atoms with Gasteiger partial charge in [-0.2, -0.15) is 0 Å². The van der Waals surface area contributed by atoms with Crippen LogP contribution in [0.25, 0.3) is 0 Å². The number of hydrogen-bond donors (Lipinski definition) is 0. The van der Waals surface area contributed by atoms with Crippen LogP contribution in [-0.4, -0.2) is 46.2 Å². The Kier molecular flexibility index (Phi) is 7.61. The molecule has 1 saturated heterocycles. The van der Waals surface area contributed by atoms with Crippen LogP contribution in [0, 0.1) is 5.41 Å². The predicted molar refractivity (Wildman–Crippen MR) is 150 cm³/mol. The molecule has 3 amide bonds. The Balaban J connectivity index is 1.52. The summed E-state index contributed by atoms with van der Waals surface area (Å²) in [5, 5.41) is 0.599. The Morgan fingerprint density at radius 2 is 1.56 bits per heavy atom. The highest BCUT2D eigenvalue weighted by Gasteiger charge is 2.49. The van der Waals surface area contributed by atoms with Crippen molar-refractivity contribution < 1.29 is 19.1 Å². The topological polar surface area (TPSA) is 66.9 Å². The number of amides is 3. The number of imide groups is 1. The molecule has 39 heavy (non-hydrogen) atoms. The van der Waals surface area contributed by atoms with Gasteiger partial charge in [-0.3, -0.25) is 19.3 Å². The summed E-state index contributed by atoms with van der Waals surface area (Å²) < 4.78 is 6.04. The second-order valence-electron chi connectivity index (χ2n) is 11.3. The first-order valence-corrected chi connectivity index (χ1v) is 13.7. The maximum Gasteiger partial charge on any atom is 0.262 e. The Hall–Kier alpha value is -3.48. The summed E-state index contributed by atoms with van der Waals surface area (Å²) >= 11 is 6.34. The fourth-order valence-electron chi connectivity index (χ4n) is 5.79. The van der Waals surface area contributed by atoms with Gasteiger partial charge < -0.3 is 9.64 Å². The lowest BCUT2D eigenvalue weighted by molar-refractivity contribution is -0.143. The van der Waals surface area contributed by atoms with E-state index in [4.69, 9.17) is 16.3 Å². The molecule has 0 bridgehead atoms. The van der Waals surface area contributed by atoms with E-state index in [1.807, 2.05) is 59.5 Å². The molecule has 0 radical (unpaired) electrons. The van der Waals surface area contributed by atoms with Gasteiger partial charge in [0.25, 0.3) is 11.8 Å². The first-order chi connectivity index (χ1) is 18.7. The number of rotatable bonds is 7. The molecule has 202 valence electrons. The number of nitrogens with zero attached hydrogens (tertiary/aromatic N) is 2. The average Bonchev–Trinajstić information content (AvgIpc) is 3.48. The summed E-state index contributed by atoms with van der Waals surface area (Å²) in [6.07, 6.45) is 1.56. The number of carbonyl (C=O) groups excluding carboxylic acids is 3. The second-order valence-corrected chi connectivity index (χ2v) is 11.8. The van der Waals surface area contributed by atoms with Gasteiger partial charge >= 0.3 is 0 Å². The third kappa shape index (κ3) is 5.36. The molecule has 3 atom stereocenters. The number of likely N-dealkylation sites (tertiary alicyclic amines) is 1. The molecule has 0 N–H and O–H groups in total. The number of benzene rings is 3. The molecule has 0 aliphatic carbocycles. The van der Waals surface area contributed by atoms with Gasteiger partial charge in [-0.15, -0.1) is 0 Å². The lowest BCUT2D eigenvalue weighted by atomic mass is 9.85. The van der Waals surface area contributed by atoms with Crippen LogP contribution in [0.5, 0.6) is 0 Å². The molecule has 2 heterocycles. The van der Waals surface area contributed by atoms with Crippen LogP contribution in [0.1, 0.15) is 71.5 Å². The van der Waals surface area contributed by atoms with Gasteiger partial charge in [0.2, 0.25) is 5.91 Å². The zero-order valence-corrected chi connectivity index (χ0v) is 23.2. The minimum atomic E-state index is -1.11. The van der Waals surface area contributed by atoms with Crippen LogP contribution >= 0.6 is 11.6 Å². The first-order valence-electron chi connectivity index (χ1n) is 13.3. The molecule has 3 aromatic carbocycles. The lowest BCUT2D eigenvalue weighted by Crippen LogP contribution is -2.56. The summed E-state index contributed by atoms with van der Waals surface area (Å²) in [6.45, 7) is 6.49. The van der Waals surface area contributed by atoms with Gasteiger partial charge in [0.05, 0.1) is 30.4 Å². The summed E-state index contributed by atoms with van der Waals surface area (Å²) in [5.74, 6) is -1.23. The standard InChI is InChI=1S/C32H33ClN2O4/c1-32(2,3)28-17-16-26(22-12-9-13-23(33)18-22)34(28)31(38)27(20-39-19-21-10-5-4-6-11-21)35-29(36)24-14-7-8-15-25(24)30(35)37/h4-15,18,26-28H,16-17,19-20H2,1-3H3/t26-,27?,28+/m0/s1. The van der Waals surface area contributed by atoms with E-state index in [2.05, 4.69) is 20.8 Å². The Bertz CT molecular complexity index is 1350. The highest BCUT2D eigenvalue weighted by Crippen LogP contribution is 2.44. The molecular formula is C32H33ClN2O4. The van der Waals surface area contributed by atoms with Crippen LogP contribution in [0.2, 0.25) is 5.02 Å². The predicted octanol–water partition coefficient (Wildman–Crippen LogP) is 6.30. The first kappa shape index (κ1) is 27.1. The van der Waals surface area contributed by atoms with E-state index < -0.39 is 17.9 Å².